The number of hydrogen-bond acceptors (Lipinski definition) is 5. The summed E-state index contributed by atoms with van der Waals surface area (Å²) < 4.78 is 38.1. The predicted octanol–water partition coefficient (Wildman–Crippen LogP) is 1.80. The number of aliphatic hydroxyl groups is 1. The zero-order chi connectivity index (χ0) is 22.7. The molecule has 1 aromatic rings. The van der Waals surface area contributed by atoms with E-state index >= 15 is 0 Å². The number of likely N-dealkylation sites (tertiary alicyclic amines) is 1. The SMILES string of the molecule is O=C1NC(=O)[C@@]2(CC[C@@]3(O)[C@@H]4N(CCCC(F)(F)F)CC45C[C@@]3(C2)c2cc(O)ccc25)N1. The Kier molecular flexibility index (Phi) is 3.66. The van der Waals surface area contributed by atoms with Crippen LogP contribution in [-0.2, 0) is 15.6 Å². The monoisotopic (exact) mass is 451 g/mol. The van der Waals surface area contributed by atoms with Crippen LogP contribution < -0.4 is 10.6 Å². The number of benzene rings is 1. The summed E-state index contributed by atoms with van der Waals surface area (Å²) in [4.78, 5) is 26.6. The molecule has 2 saturated heterocycles. The van der Waals surface area contributed by atoms with Crippen LogP contribution in [0.15, 0.2) is 18.2 Å². The number of halogens is 3. The predicted molar refractivity (Wildman–Crippen MR) is 105 cm³/mol. The summed E-state index contributed by atoms with van der Waals surface area (Å²) in [6.07, 6.45) is -3.90. The van der Waals surface area contributed by atoms with Crippen molar-refractivity contribution < 1.29 is 33.0 Å². The minimum absolute atomic E-state index is 0.0377. The van der Waals surface area contributed by atoms with Crippen molar-refractivity contribution in [1.29, 1.82) is 0 Å². The lowest BCUT2D eigenvalue weighted by molar-refractivity contribution is -0.163. The first-order valence-electron chi connectivity index (χ1n) is 11.0. The summed E-state index contributed by atoms with van der Waals surface area (Å²) in [6.45, 7) is 0.767. The molecule has 3 amide bonds. The molecule has 10 heteroatoms. The number of carbonyl (C=O) groups is 2. The summed E-state index contributed by atoms with van der Waals surface area (Å²) in [5.41, 5.74) is -1.93. The maximum atomic E-state index is 12.7. The van der Waals surface area contributed by atoms with Gasteiger partial charge in [0.05, 0.1) is 11.6 Å². The van der Waals surface area contributed by atoms with E-state index in [2.05, 4.69) is 10.6 Å². The van der Waals surface area contributed by atoms with Gasteiger partial charge in [0.1, 0.15) is 11.3 Å². The molecule has 3 aliphatic carbocycles. The van der Waals surface area contributed by atoms with Gasteiger partial charge in [0.2, 0.25) is 0 Å². The number of hydrogen-bond donors (Lipinski definition) is 4. The third kappa shape index (κ3) is 2.24. The number of alkyl halides is 3. The van der Waals surface area contributed by atoms with Crippen LogP contribution in [-0.4, -0.2) is 63.5 Å². The van der Waals surface area contributed by atoms with Gasteiger partial charge in [-0.25, -0.2) is 4.79 Å². The molecule has 4 fully saturated rings. The smallest absolute Gasteiger partial charge is 0.389 e. The minimum Gasteiger partial charge on any atom is -0.508 e. The van der Waals surface area contributed by atoms with Gasteiger partial charge in [0.25, 0.3) is 5.91 Å². The van der Waals surface area contributed by atoms with Crippen molar-refractivity contribution in [3.63, 3.8) is 0 Å². The van der Waals surface area contributed by atoms with E-state index in [9.17, 15) is 33.0 Å². The number of phenolic OH excluding ortho intramolecular Hbond substituents is 1. The number of nitrogens with one attached hydrogen (secondary N) is 2. The second-order valence-electron chi connectivity index (χ2n) is 10.3. The van der Waals surface area contributed by atoms with Gasteiger partial charge in [-0.05, 0) is 61.9 Å². The highest BCUT2D eigenvalue weighted by molar-refractivity contribution is 6.07. The normalized spacial score (nSPS) is 41.7. The number of carbonyl (C=O) groups excluding carboxylic acids is 2. The molecule has 6 rings (SSSR count). The van der Waals surface area contributed by atoms with Crippen molar-refractivity contribution >= 4 is 11.9 Å². The number of imide groups is 1. The zero-order valence-electron chi connectivity index (χ0n) is 17.3. The molecule has 5 atom stereocenters. The quantitative estimate of drug-likeness (QED) is 0.525. The Morgan fingerprint density at radius 1 is 1.16 bits per heavy atom. The topological polar surface area (TPSA) is 102 Å². The van der Waals surface area contributed by atoms with Crippen LogP contribution in [0.1, 0.15) is 49.7 Å². The molecule has 32 heavy (non-hydrogen) atoms. The van der Waals surface area contributed by atoms with Crippen LogP contribution >= 0.6 is 0 Å². The second kappa shape index (κ2) is 5.77. The molecule has 4 N–H and O–H groups in total. The highest BCUT2D eigenvalue weighted by atomic mass is 19.4. The van der Waals surface area contributed by atoms with Crippen molar-refractivity contribution in [1.82, 2.24) is 15.5 Å². The summed E-state index contributed by atoms with van der Waals surface area (Å²) in [5.74, 6) is -0.357. The molecule has 2 heterocycles. The lowest BCUT2D eigenvalue weighted by Crippen LogP contribution is -2.76. The fraction of sp³-hybridized carbons (Fsp3) is 0.636. The van der Waals surface area contributed by atoms with Crippen molar-refractivity contribution in [2.45, 2.75) is 72.7 Å². The summed E-state index contributed by atoms with van der Waals surface area (Å²) in [6, 6.07) is 4.17. The molecule has 2 bridgehead atoms. The standard InChI is InChI=1S/C22H24F3N3O4/c23-22(24,25)4-1-7-28-11-18-9-19(14-8-12(29)2-3-13(14)18)10-20(16(30)26-17(31)27-20)5-6-21(19,32)15(18)28/h2-3,8,15,29,32H,1,4-7,9-11H2,(H2,26,27,30,31)/t15-,18?,19-,20+,21-/m1/s1. The minimum atomic E-state index is -4.22. The highest BCUT2D eigenvalue weighted by Gasteiger charge is 2.82. The molecule has 1 aromatic carbocycles. The number of aromatic hydroxyl groups is 1. The fourth-order valence-electron chi connectivity index (χ4n) is 7.87. The molecule has 0 radical (unpaired) electrons. The molecule has 2 saturated carbocycles. The Labute approximate surface area is 182 Å². The van der Waals surface area contributed by atoms with Crippen molar-refractivity contribution in [2.75, 3.05) is 13.1 Å². The van der Waals surface area contributed by atoms with Gasteiger partial charge in [0.15, 0.2) is 0 Å². The first kappa shape index (κ1) is 20.3. The largest absolute Gasteiger partial charge is 0.508 e. The first-order valence-corrected chi connectivity index (χ1v) is 11.0. The molecule has 7 nitrogen and oxygen atoms in total. The third-order valence-corrected chi connectivity index (χ3v) is 8.78. The second-order valence-corrected chi connectivity index (χ2v) is 10.3. The van der Waals surface area contributed by atoms with Crippen molar-refractivity contribution in [3.05, 3.63) is 29.3 Å². The van der Waals surface area contributed by atoms with Gasteiger partial charge >= 0.3 is 12.2 Å². The Balaban J connectivity index is 1.41. The van der Waals surface area contributed by atoms with E-state index in [4.69, 9.17) is 0 Å². The van der Waals surface area contributed by atoms with E-state index in [1.807, 2.05) is 11.0 Å². The number of fused-ring (bicyclic) bond motifs is 2. The molecular weight excluding hydrogens is 427 g/mol. The van der Waals surface area contributed by atoms with Crippen LogP contribution in [0.4, 0.5) is 18.0 Å². The van der Waals surface area contributed by atoms with Crippen LogP contribution in [0.3, 0.4) is 0 Å². The number of phenols is 1. The Morgan fingerprint density at radius 2 is 1.94 bits per heavy atom. The van der Waals surface area contributed by atoms with Gasteiger partial charge in [-0.3, -0.25) is 15.0 Å². The van der Waals surface area contributed by atoms with E-state index in [1.165, 1.54) is 0 Å². The average Bonchev–Trinajstić information content (AvgIpc) is 3.17. The zero-order valence-corrected chi connectivity index (χ0v) is 17.3. The van der Waals surface area contributed by atoms with E-state index in [0.717, 1.165) is 11.1 Å². The van der Waals surface area contributed by atoms with Gasteiger partial charge in [-0.2, -0.15) is 13.2 Å². The molecule has 5 aliphatic rings. The maximum Gasteiger partial charge on any atom is 0.389 e. The van der Waals surface area contributed by atoms with Gasteiger partial charge < -0.3 is 15.5 Å². The van der Waals surface area contributed by atoms with Crippen LogP contribution in [0.25, 0.3) is 0 Å². The lowest BCUT2D eigenvalue weighted by Gasteiger charge is -2.63. The van der Waals surface area contributed by atoms with Gasteiger partial charge in [-0.15, -0.1) is 0 Å². The number of nitrogens with zero attached hydrogens (tertiary/aromatic N) is 1. The van der Waals surface area contributed by atoms with E-state index in [0.29, 0.717) is 13.0 Å². The Morgan fingerprint density at radius 3 is 2.62 bits per heavy atom. The molecule has 2 aliphatic heterocycles. The molecule has 3 spiro atoms. The summed E-state index contributed by atoms with van der Waals surface area (Å²) >= 11 is 0. The van der Waals surface area contributed by atoms with Crippen LogP contribution in [0.2, 0.25) is 0 Å². The first-order chi connectivity index (χ1) is 14.9. The Bertz CT molecular complexity index is 1060. The van der Waals surface area contributed by atoms with Crippen molar-refractivity contribution in [2.24, 2.45) is 0 Å². The summed E-state index contributed by atoms with van der Waals surface area (Å²) in [7, 11) is 0. The molecular formula is C22H24F3N3O4. The lowest BCUT2D eigenvalue weighted by atomic mass is 9.52. The van der Waals surface area contributed by atoms with Gasteiger partial charge in [-0.1, -0.05) is 6.07 Å². The Hall–Kier alpha value is -2.33. The average molecular weight is 451 g/mol. The number of urea groups is 1. The van der Waals surface area contributed by atoms with E-state index in [1.54, 1.807) is 12.1 Å². The van der Waals surface area contributed by atoms with Crippen LogP contribution in [0, 0.1) is 0 Å². The highest BCUT2D eigenvalue weighted by Crippen LogP contribution is 2.75. The van der Waals surface area contributed by atoms with E-state index < -0.39 is 46.5 Å². The fourth-order valence-corrected chi connectivity index (χ4v) is 7.87. The number of rotatable bonds is 3. The third-order valence-electron chi connectivity index (χ3n) is 8.78. The molecule has 0 aromatic heterocycles. The van der Waals surface area contributed by atoms with Crippen molar-refractivity contribution in [3.8, 4) is 5.75 Å². The number of amides is 3. The van der Waals surface area contributed by atoms with E-state index in [-0.39, 0.29) is 44.0 Å². The molecule has 172 valence electrons. The molecule has 1 unspecified atom stereocenters. The maximum absolute atomic E-state index is 12.7. The van der Waals surface area contributed by atoms with Gasteiger partial charge in [0, 0.05) is 23.8 Å². The summed E-state index contributed by atoms with van der Waals surface area (Å²) in [5, 5.41) is 27.4. The van der Waals surface area contributed by atoms with Crippen LogP contribution in [0.5, 0.6) is 5.75 Å².